The predicted octanol–water partition coefficient (Wildman–Crippen LogP) is 3.99. The topological polar surface area (TPSA) is 29.3 Å². The zero-order valence-electron chi connectivity index (χ0n) is 11.5. The van der Waals surface area contributed by atoms with E-state index in [9.17, 15) is 0 Å². The molecule has 1 saturated heterocycles. The van der Waals surface area contributed by atoms with Crippen LogP contribution in [0.25, 0.3) is 0 Å². The van der Waals surface area contributed by atoms with Crippen LogP contribution in [0.15, 0.2) is 18.2 Å². The molecule has 1 aliphatic heterocycles. The monoisotopic (exact) mass is 266 g/mol. The van der Waals surface area contributed by atoms with Crippen LogP contribution in [-0.4, -0.2) is 13.1 Å². The van der Waals surface area contributed by atoms with Crippen LogP contribution in [0.3, 0.4) is 0 Å². The van der Waals surface area contributed by atoms with Gasteiger partial charge in [-0.1, -0.05) is 31.5 Å². The van der Waals surface area contributed by atoms with Crippen LogP contribution in [0.1, 0.15) is 45.2 Å². The highest BCUT2D eigenvalue weighted by Gasteiger charge is 2.27. The van der Waals surface area contributed by atoms with Crippen LogP contribution >= 0.6 is 11.6 Å². The lowest BCUT2D eigenvalue weighted by molar-refractivity contribution is 0.293. The van der Waals surface area contributed by atoms with E-state index in [-0.39, 0.29) is 6.04 Å². The molecule has 1 atom stereocenters. The fourth-order valence-electron chi connectivity index (χ4n) is 2.69. The Morgan fingerprint density at radius 1 is 1.39 bits per heavy atom. The number of piperidine rings is 1. The Balaban J connectivity index is 2.23. The van der Waals surface area contributed by atoms with Crippen LogP contribution in [0, 0.1) is 5.41 Å². The van der Waals surface area contributed by atoms with Gasteiger partial charge < -0.3 is 10.6 Å². The first kappa shape index (κ1) is 13.7. The molecule has 1 aliphatic rings. The molecule has 0 spiro atoms. The molecule has 100 valence electrons. The molecule has 0 aromatic heterocycles. The van der Waals surface area contributed by atoms with Crippen molar-refractivity contribution in [3.63, 3.8) is 0 Å². The summed E-state index contributed by atoms with van der Waals surface area (Å²) in [5.41, 5.74) is 8.50. The maximum Gasteiger partial charge on any atom is 0.0642 e. The van der Waals surface area contributed by atoms with E-state index in [0.29, 0.717) is 5.41 Å². The standard InChI is InChI=1S/C15H23ClN2/c1-11(17)12-5-6-14(13(16)9-12)18-8-4-7-15(2,3)10-18/h5-6,9,11H,4,7-8,10,17H2,1-3H3/t11-/m0/s1. The van der Waals surface area contributed by atoms with Gasteiger partial charge in [0.05, 0.1) is 10.7 Å². The molecule has 0 amide bonds. The number of hydrogen-bond donors (Lipinski definition) is 1. The normalized spacial score (nSPS) is 20.8. The lowest BCUT2D eigenvalue weighted by Gasteiger charge is -2.39. The molecule has 0 aliphatic carbocycles. The van der Waals surface area contributed by atoms with Gasteiger partial charge in [0, 0.05) is 19.1 Å². The Morgan fingerprint density at radius 2 is 2.11 bits per heavy atom. The van der Waals surface area contributed by atoms with E-state index in [1.54, 1.807) is 0 Å². The zero-order valence-corrected chi connectivity index (χ0v) is 12.3. The number of nitrogens with two attached hydrogens (primary N) is 1. The van der Waals surface area contributed by atoms with Crippen LogP contribution < -0.4 is 10.6 Å². The van der Waals surface area contributed by atoms with Crippen LogP contribution in [-0.2, 0) is 0 Å². The maximum absolute atomic E-state index is 6.40. The average Bonchev–Trinajstić information content (AvgIpc) is 2.27. The average molecular weight is 267 g/mol. The number of hydrogen-bond acceptors (Lipinski definition) is 2. The number of anilines is 1. The van der Waals surface area contributed by atoms with Crippen molar-refractivity contribution in [1.82, 2.24) is 0 Å². The summed E-state index contributed by atoms with van der Waals surface area (Å²) in [6, 6.07) is 6.24. The summed E-state index contributed by atoms with van der Waals surface area (Å²) in [5.74, 6) is 0. The van der Waals surface area contributed by atoms with Crippen molar-refractivity contribution in [3.8, 4) is 0 Å². The molecule has 0 bridgehead atoms. The third-order valence-electron chi connectivity index (χ3n) is 3.74. The smallest absolute Gasteiger partial charge is 0.0642 e. The molecule has 1 aromatic rings. The van der Waals surface area contributed by atoms with Crippen molar-refractivity contribution >= 4 is 17.3 Å². The van der Waals surface area contributed by atoms with Gasteiger partial charge in [-0.05, 0) is 42.9 Å². The van der Waals surface area contributed by atoms with Crippen molar-refractivity contribution in [2.45, 2.75) is 39.7 Å². The van der Waals surface area contributed by atoms with Gasteiger partial charge in [-0.25, -0.2) is 0 Å². The molecule has 18 heavy (non-hydrogen) atoms. The summed E-state index contributed by atoms with van der Waals surface area (Å²) in [4.78, 5) is 2.40. The molecule has 2 nitrogen and oxygen atoms in total. The largest absolute Gasteiger partial charge is 0.370 e. The van der Waals surface area contributed by atoms with E-state index in [2.05, 4.69) is 30.9 Å². The van der Waals surface area contributed by atoms with E-state index >= 15 is 0 Å². The molecule has 2 rings (SSSR count). The highest BCUT2D eigenvalue weighted by molar-refractivity contribution is 6.33. The molecule has 2 N–H and O–H groups in total. The minimum absolute atomic E-state index is 0.0364. The van der Waals surface area contributed by atoms with Gasteiger partial charge in [0.2, 0.25) is 0 Å². The number of halogens is 1. The van der Waals surface area contributed by atoms with E-state index in [0.717, 1.165) is 29.4 Å². The Morgan fingerprint density at radius 3 is 2.67 bits per heavy atom. The Bertz CT molecular complexity index is 427. The second-order valence-corrected chi connectivity index (χ2v) is 6.60. The highest BCUT2D eigenvalue weighted by Crippen LogP contribution is 2.35. The molecule has 0 unspecified atom stereocenters. The third-order valence-corrected chi connectivity index (χ3v) is 4.04. The third kappa shape index (κ3) is 2.99. The van der Waals surface area contributed by atoms with Crippen LogP contribution in [0.4, 0.5) is 5.69 Å². The Kier molecular flexibility index (Phi) is 3.88. The first-order valence-electron chi connectivity index (χ1n) is 6.69. The first-order chi connectivity index (χ1) is 8.39. The van der Waals surface area contributed by atoms with Crippen molar-refractivity contribution in [1.29, 1.82) is 0 Å². The van der Waals surface area contributed by atoms with Crippen LogP contribution in [0.5, 0.6) is 0 Å². The minimum Gasteiger partial charge on any atom is -0.370 e. The number of nitrogens with zero attached hydrogens (tertiary/aromatic N) is 1. The summed E-state index contributed by atoms with van der Waals surface area (Å²) < 4.78 is 0. The number of rotatable bonds is 2. The van der Waals surface area contributed by atoms with E-state index in [4.69, 9.17) is 17.3 Å². The highest BCUT2D eigenvalue weighted by atomic mass is 35.5. The van der Waals surface area contributed by atoms with Gasteiger partial charge in [0.15, 0.2) is 0 Å². The van der Waals surface area contributed by atoms with E-state index < -0.39 is 0 Å². The second-order valence-electron chi connectivity index (χ2n) is 6.19. The fourth-order valence-corrected chi connectivity index (χ4v) is 3.00. The van der Waals surface area contributed by atoms with Crippen molar-refractivity contribution in [2.24, 2.45) is 11.1 Å². The predicted molar refractivity (Wildman–Crippen MR) is 79.3 cm³/mol. The zero-order chi connectivity index (χ0) is 13.3. The Hall–Kier alpha value is -0.730. The van der Waals surface area contributed by atoms with Gasteiger partial charge in [-0.3, -0.25) is 0 Å². The molecule has 0 radical (unpaired) electrons. The molecular weight excluding hydrogens is 244 g/mol. The molecule has 3 heteroatoms. The molecule has 1 fully saturated rings. The van der Waals surface area contributed by atoms with Gasteiger partial charge >= 0.3 is 0 Å². The molecule has 1 aromatic carbocycles. The van der Waals surface area contributed by atoms with Gasteiger partial charge in [0.1, 0.15) is 0 Å². The lowest BCUT2D eigenvalue weighted by atomic mass is 9.84. The molecule has 1 heterocycles. The maximum atomic E-state index is 6.40. The summed E-state index contributed by atoms with van der Waals surface area (Å²) in [7, 11) is 0. The first-order valence-corrected chi connectivity index (χ1v) is 7.07. The summed E-state index contributed by atoms with van der Waals surface area (Å²) in [6.45, 7) is 8.80. The summed E-state index contributed by atoms with van der Waals surface area (Å²) in [5, 5.41) is 0.822. The SMILES string of the molecule is C[C@H](N)c1ccc(N2CCCC(C)(C)C2)c(Cl)c1. The van der Waals surface area contributed by atoms with Crippen molar-refractivity contribution in [3.05, 3.63) is 28.8 Å². The van der Waals surface area contributed by atoms with Crippen molar-refractivity contribution < 1.29 is 0 Å². The summed E-state index contributed by atoms with van der Waals surface area (Å²) >= 11 is 6.40. The van der Waals surface area contributed by atoms with Gasteiger partial charge in [-0.2, -0.15) is 0 Å². The molecule has 0 saturated carbocycles. The van der Waals surface area contributed by atoms with E-state index in [1.165, 1.54) is 12.8 Å². The minimum atomic E-state index is 0.0364. The quantitative estimate of drug-likeness (QED) is 0.877. The number of benzene rings is 1. The van der Waals surface area contributed by atoms with Crippen LogP contribution in [0.2, 0.25) is 5.02 Å². The summed E-state index contributed by atoms with van der Waals surface area (Å²) in [6.07, 6.45) is 2.53. The van der Waals surface area contributed by atoms with Gasteiger partial charge in [0.25, 0.3) is 0 Å². The van der Waals surface area contributed by atoms with Crippen molar-refractivity contribution in [2.75, 3.05) is 18.0 Å². The van der Waals surface area contributed by atoms with Gasteiger partial charge in [-0.15, -0.1) is 0 Å². The molecular formula is C15H23ClN2. The Labute approximate surface area is 115 Å². The lowest BCUT2D eigenvalue weighted by Crippen LogP contribution is -2.40. The van der Waals surface area contributed by atoms with E-state index in [1.807, 2.05) is 13.0 Å². The fraction of sp³-hybridized carbons (Fsp3) is 0.600. The second kappa shape index (κ2) is 5.10.